The second kappa shape index (κ2) is 20.9. The van der Waals surface area contributed by atoms with Gasteiger partial charge in [0, 0.05) is 37.3 Å². The van der Waals surface area contributed by atoms with E-state index in [1.54, 1.807) is 32.9 Å². The molecule has 57 heavy (non-hydrogen) atoms. The van der Waals surface area contributed by atoms with Crippen LogP contribution in [-0.4, -0.2) is 103 Å². The number of carbonyl (C=O) groups is 6. The Balaban J connectivity index is 1.55. The van der Waals surface area contributed by atoms with E-state index in [9.17, 15) is 39.0 Å². The van der Waals surface area contributed by atoms with Crippen molar-refractivity contribution in [3.63, 3.8) is 0 Å². The van der Waals surface area contributed by atoms with Crippen LogP contribution in [0.1, 0.15) is 70.2 Å². The number of aromatic nitrogens is 2. The molecule has 0 bridgehead atoms. The molecule has 16 heteroatoms. The van der Waals surface area contributed by atoms with Crippen molar-refractivity contribution in [1.82, 2.24) is 36.1 Å². The van der Waals surface area contributed by atoms with Gasteiger partial charge in [-0.2, -0.15) is 0 Å². The lowest BCUT2D eigenvalue weighted by atomic mass is 9.96. The molecule has 0 aliphatic carbocycles. The monoisotopic (exact) mass is 788 g/mol. The highest BCUT2D eigenvalue weighted by molar-refractivity contribution is 5.96. The first-order valence-electron chi connectivity index (χ1n) is 19.4. The molecule has 5 amide bonds. The van der Waals surface area contributed by atoms with Gasteiger partial charge in [0.05, 0.1) is 18.8 Å². The lowest BCUT2D eigenvalue weighted by Crippen LogP contribution is -2.61. The molecule has 1 aliphatic heterocycles. The molecule has 0 saturated carbocycles. The Labute approximate surface area is 332 Å². The lowest BCUT2D eigenvalue weighted by molar-refractivity contribution is -0.142. The third-order valence-corrected chi connectivity index (χ3v) is 10.3. The van der Waals surface area contributed by atoms with Crippen molar-refractivity contribution < 1.29 is 39.0 Å². The highest BCUT2D eigenvalue weighted by atomic mass is 16.4. The molecule has 0 radical (unpaired) electrons. The van der Waals surface area contributed by atoms with Gasteiger partial charge < -0.3 is 47.1 Å². The number of imidazole rings is 1. The zero-order valence-corrected chi connectivity index (χ0v) is 32.9. The Kier molecular flexibility index (Phi) is 16.2. The summed E-state index contributed by atoms with van der Waals surface area (Å²) in [7, 11) is 0. The number of H-pyrrole nitrogens is 1. The molecule has 16 nitrogen and oxygen atoms in total. The van der Waals surface area contributed by atoms with Gasteiger partial charge >= 0.3 is 5.97 Å². The fourth-order valence-corrected chi connectivity index (χ4v) is 6.77. The first-order valence-corrected chi connectivity index (χ1v) is 19.4. The Bertz CT molecular complexity index is 1800. The van der Waals surface area contributed by atoms with Gasteiger partial charge in [-0.05, 0) is 54.4 Å². The number of nitrogens with two attached hydrogens (primary N) is 1. The normalized spacial score (nSPS) is 17.1. The third-order valence-electron chi connectivity index (χ3n) is 10.3. The van der Waals surface area contributed by atoms with Crippen LogP contribution < -0.4 is 27.0 Å². The molecule has 1 fully saturated rings. The maximum absolute atomic E-state index is 14.4. The van der Waals surface area contributed by atoms with Crippen molar-refractivity contribution in [2.75, 3.05) is 6.54 Å². The van der Waals surface area contributed by atoms with Crippen molar-refractivity contribution in [3.05, 3.63) is 83.9 Å². The number of aliphatic carboxylic acids is 1. The molecular weight excluding hydrogens is 732 g/mol. The smallest absolute Gasteiger partial charge is 0.305 e. The zero-order valence-electron chi connectivity index (χ0n) is 32.9. The zero-order chi connectivity index (χ0) is 41.6. The topological polar surface area (TPSA) is 249 Å². The average molecular weight is 789 g/mol. The number of phenolic OH excluding ortho intramolecular Hbond substituents is 1. The maximum Gasteiger partial charge on any atom is 0.305 e. The van der Waals surface area contributed by atoms with Gasteiger partial charge in [0.1, 0.15) is 29.9 Å². The van der Waals surface area contributed by atoms with Gasteiger partial charge in [-0.1, -0.05) is 76.6 Å². The Hall–Kier alpha value is -5.77. The number of likely N-dealkylation sites (tertiary alicyclic amines) is 1. The Morgan fingerprint density at radius 3 is 2.14 bits per heavy atom. The van der Waals surface area contributed by atoms with Gasteiger partial charge in [0.15, 0.2) is 0 Å². The highest BCUT2D eigenvalue weighted by Gasteiger charge is 2.40. The van der Waals surface area contributed by atoms with E-state index in [1.165, 1.54) is 29.6 Å². The van der Waals surface area contributed by atoms with Crippen molar-refractivity contribution in [2.45, 2.75) is 109 Å². The molecule has 7 atom stereocenters. The Morgan fingerprint density at radius 2 is 1.53 bits per heavy atom. The van der Waals surface area contributed by atoms with Crippen LogP contribution in [0, 0.1) is 11.8 Å². The van der Waals surface area contributed by atoms with E-state index >= 15 is 0 Å². The molecule has 1 aliphatic rings. The number of amides is 5. The van der Waals surface area contributed by atoms with Crippen LogP contribution in [0.3, 0.4) is 0 Å². The predicted octanol–water partition coefficient (Wildman–Crippen LogP) is 1.58. The molecule has 9 N–H and O–H groups in total. The second-order valence-electron chi connectivity index (χ2n) is 15.1. The third kappa shape index (κ3) is 12.9. The van der Waals surface area contributed by atoms with Crippen LogP contribution >= 0.6 is 0 Å². The molecule has 308 valence electrons. The standard InChI is InChI=1S/C41H56N8O8/c1-5-25(4)36(48-37(53)31(46-39(55)35(42)24(2)3)19-27-13-15-30(50)16-14-27)40(56)47-32(20-29-22-43-23-44-29)41(57)49-17-9-12-33(49)38(54)45-28(21-34(51)52)18-26-10-7-6-8-11-26/h6-8,10-11,13-16,22-25,28,31-33,35-36,50H,5,9,12,17-21,42H2,1-4H3,(H,43,44)(H,45,54)(H,46,55)(H,47,56)(H,48,53)(H,51,52). The summed E-state index contributed by atoms with van der Waals surface area (Å²) in [5, 5.41) is 30.6. The number of nitrogens with one attached hydrogen (secondary N) is 5. The minimum Gasteiger partial charge on any atom is -0.508 e. The number of benzene rings is 2. The molecule has 1 aromatic heterocycles. The number of hydrogen-bond acceptors (Lipinski definition) is 9. The summed E-state index contributed by atoms with van der Waals surface area (Å²) >= 11 is 0. The van der Waals surface area contributed by atoms with E-state index in [-0.39, 0.29) is 43.9 Å². The van der Waals surface area contributed by atoms with E-state index in [2.05, 4.69) is 31.2 Å². The van der Waals surface area contributed by atoms with Crippen molar-refractivity contribution >= 4 is 35.5 Å². The van der Waals surface area contributed by atoms with E-state index in [4.69, 9.17) is 5.73 Å². The van der Waals surface area contributed by atoms with Gasteiger partial charge in [0.2, 0.25) is 29.5 Å². The molecule has 1 saturated heterocycles. The SMILES string of the molecule is CCC(C)C(NC(=O)C(Cc1ccc(O)cc1)NC(=O)C(N)C(C)C)C(=O)NC(Cc1cnc[nH]1)C(=O)N1CCCC1C(=O)NC(CC(=O)O)Cc1ccccc1. The summed E-state index contributed by atoms with van der Waals surface area (Å²) in [6.07, 6.45) is 4.29. The van der Waals surface area contributed by atoms with Crippen LogP contribution in [0.4, 0.5) is 0 Å². The number of carboxylic acid groups (broad SMARTS) is 1. The number of hydrogen-bond donors (Lipinski definition) is 8. The summed E-state index contributed by atoms with van der Waals surface area (Å²) in [4.78, 5) is 89.5. The minimum absolute atomic E-state index is 0.00113. The molecule has 2 heterocycles. The molecule has 4 rings (SSSR count). The van der Waals surface area contributed by atoms with Crippen LogP contribution in [0.15, 0.2) is 67.1 Å². The van der Waals surface area contributed by atoms with Crippen LogP contribution in [0.5, 0.6) is 5.75 Å². The molecular formula is C41H56N8O8. The number of phenols is 1. The fraction of sp³-hybridized carbons (Fsp3) is 0.488. The van der Waals surface area contributed by atoms with Crippen LogP contribution in [-0.2, 0) is 48.0 Å². The van der Waals surface area contributed by atoms with Gasteiger partial charge in [-0.15, -0.1) is 0 Å². The van der Waals surface area contributed by atoms with Gasteiger partial charge in [-0.25, -0.2) is 4.98 Å². The summed E-state index contributed by atoms with van der Waals surface area (Å²) in [6.45, 7) is 7.43. The molecule has 0 spiro atoms. The quantitative estimate of drug-likeness (QED) is 0.0821. The summed E-state index contributed by atoms with van der Waals surface area (Å²) in [6, 6.07) is 9.39. The van der Waals surface area contributed by atoms with Crippen molar-refractivity contribution in [1.29, 1.82) is 0 Å². The van der Waals surface area contributed by atoms with Gasteiger partial charge in [0.25, 0.3) is 0 Å². The van der Waals surface area contributed by atoms with Crippen molar-refractivity contribution in [3.8, 4) is 5.75 Å². The first-order chi connectivity index (χ1) is 27.2. The maximum atomic E-state index is 14.4. The second-order valence-corrected chi connectivity index (χ2v) is 15.1. The van der Waals surface area contributed by atoms with Crippen LogP contribution in [0.2, 0.25) is 0 Å². The highest BCUT2D eigenvalue weighted by Crippen LogP contribution is 2.21. The summed E-state index contributed by atoms with van der Waals surface area (Å²) < 4.78 is 0. The largest absolute Gasteiger partial charge is 0.508 e. The minimum atomic E-state index is -1.18. The number of carboxylic acids is 1. The van der Waals surface area contributed by atoms with Crippen molar-refractivity contribution in [2.24, 2.45) is 17.6 Å². The van der Waals surface area contributed by atoms with E-state index < -0.39 is 77.7 Å². The van der Waals surface area contributed by atoms with E-state index in [1.807, 2.05) is 37.3 Å². The first kappa shape index (κ1) is 44.0. The van der Waals surface area contributed by atoms with Crippen LogP contribution in [0.25, 0.3) is 0 Å². The predicted molar refractivity (Wildman–Crippen MR) is 211 cm³/mol. The fourth-order valence-electron chi connectivity index (χ4n) is 6.77. The number of rotatable bonds is 20. The number of aromatic hydroxyl groups is 1. The molecule has 3 aromatic rings. The van der Waals surface area contributed by atoms with E-state index in [0.717, 1.165) is 5.56 Å². The average Bonchev–Trinajstić information content (AvgIpc) is 3.89. The summed E-state index contributed by atoms with van der Waals surface area (Å²) in [5.41, 5.74) is 8.13. The number of nitrogens with zero attached hydrogens (tertiary/aromatic N) is 2. The molecule has 2 aromatic carbocycles. The molecule has 7 unspecified atom stereocenters. The lowest BCUT2D eigenvalue weighted by Gasteiger charge is -2.32. The van der Waals surface area contributed by atoms with E-state index in [0.29, 0.717) is 30.5 Å². The summed E-state index contributed by atoms with van der Waals surface area (Å²) in [5.74, 6) is -4.52. The van der Waals surface area contributed by atoms with Gasteiger partial charge in [-0.3, -0.25) is 28.8 Å². The number of aromatic amines is 1. The number of carbonyl (C=O) groups excluding carboxylic acids is 5. The Morgan fingerprint density at radius 1 is 0.860 bits per heavy atom.